The summed E-state index contributed by atoms with van der Waals surface area (Å²) in [6.45, 7) is 26.5. The second-order valence-corrected chi connectivity index (χ2v) is 28.2. The fourth-order valence-electron chi connectivity index (χ4n) is 12.2. The molecule has 4 saturated carbocycles. The van der Waals surface area contributed by atoms with Gasteiger partial charge in [0.05, 0.1) is 61.5 Å². The van der Waals surface area contributed by atoms with E-state index in [4.69, 9.17) is 32.8 Å². The fourth-order valence-corrected chi connectivity index (χ4v) is 13.6. The molecular weight excluding hydrogens is 873 g/mol. The molecule has 0 bridgehead atoms. The number of aliphatic hydroxyl groups excluding tert-OH is 3. The van der Waals surface area contributed by atoms with Gasteiger partial charge in [-0.15, -0.1) is 0 Å². The van der Waals surface area contributed by atoms with E-state index in [9.17, 15) is 29.7 Å². The number of carbonyl (C=O) groups excluding carboxylic acids is 3. The lowest BCUT2D eigenvalue weighted by molar-refractivity contribution is -0.145. The highest BCUT2D eigenvalue weighted by molar-refractivity contribution is 6.74. The van der Waals surface area contributed by atoms with Crippen LogP contribution in [0.3, 0.4) is 0 Å². The zero-order chi connectivity index (χ0) is 48.5. The van der Waals surface area contributed by atoms with E-state index in [2.05, 4.69) is 78.6 Å². The Kier molecular flexibility index (Phi) is 17.1. The molecule has 1 unspecified atom stereocenters. The summed E-state index contributed by atoms with van der Waals surface area (Å²) in [6.07, 6.45) is 19.5. The zero-order valence-electron chi connectivity index (χ0n) is 41.9. The van der Waals surface area contributed by atoms with Crippen molar-refractivity contribution in [2.75, 3.05) is 19.8 Å². The van der Waals surface area contributed by atoms with E-state index in [-0.39, 0.29) is 72.3 Å². The van der Waals surface area contributed by atoms with E-state index in [1.54, 1.807) is 0 Å². The topological polar surface area (TPSA) is 177 Å². The molecule has 10 fully saturated rings. The van der Waals surface area contributed by atoms with Gasteiger partial charge in [-0.1, -0.05) is 79.3 Å². The van der Waals surface area contributed by atoms with Gasteiger partial charge in [0.25, 0.3) is 0 Å². The van der Waals surface area contributed by atoms with Crippen molar-refractivity contribution >= 4 is 26.2 Å². The first-order valence-corrected chi connectivity index (χ1v) is 28.7. The molecule has 0 radical (unpaired) electrons. The third kappa shape index (κ3) is 12.5. The van der Waals surface area contributed by atoms with Gasteiger partial charge in [-0.3, -0.25) is 14.4 Å². The number of ether oxygens (including phenoxy) is 6. The van der Waals surface area contributed by atoms with E-state index in [1.165, 1.54) is 5.57 Å². The van der Waals surface area contributed by atoms with Crippen LogP contribution in [0.2, 0.25) is 18.1 Å². The number of hydrogen-bond donors (Lipinski definition) is 3. The Bertz CT molecular complexity index is 1760. The minimum absolute atomic E-state index is 0.00264. The Morgan fingerprint density at radius 3 is 1.70 bits per heavy atom. The van der Waals surface area contributed by atoms with Crippen molar-refractivity contribution in [1.82, 2.24) is 0 Å². The second-order valence-electron chi connectivity index (χ2n) is 23.5. The number of rotatable bonds is 2. The zero-order valence-corrected chi connectivity index (χ0v) is 42.9. The molecule has 0 aromatic carbocycles. The summed E-state index contributed by atoms with van der Waals surface area (Å²) >= 11 is 0. The molecule has 6 saturated heterocycles. The van der Waals surface area contributed by atoms with Gasteiger partial charge in [-0.2, -0.15) is 0 Å². The predicted octanol–water partition coefficient (Wildman–Crippen LogP) is 7.65. The van der Waals surface area contributed by atoms with Gasteiger partial charge in [-0.05, 0) is 92.3 Å². The molecule has 14 heteroatoms. The quantitative estimate of drug-likeness (QED) is 0.107. The lowest BCUT2D eigenvalue weighted by Crippen LogP contribution is -2.43. The van der Waals surface area contributed by atoms with Crippen LogP contribution in [0.4, 0.5) is 0 Å². The van der Waals surface area contributed by atoms with Crippen molar-refractivity contribution in [3.05, 3.63) is 36.5 Å². The van der Waals surface area contributed by atoms with E-state index in [1.807, 2.05) is 13.8 Å². The normalized spacial score (nSPS) is 44.4. The fraction of sp³-hybridized carbons (Fsp3) is 0.830. The molecule has 0 aromatic rings. The highest BCUT2D eigenvalue weighted by atomic mass is 28.4. The van der Waals surface area contributed by atoms with Gasteiger partial charge in [0.2, 0.25) is 0 Å². The van der Waals surface area contributed by atoms with Crippen molar-refractivity contribution in [3.8, 4) is 0 Å². The van der Waals surface area contributed by atoms with Crippen molar-refractivity contribution < 1.29 is 62.6 Å². The molecule has 20 atom stereocenters. The third-order valence-corrected chi connectivity index (χ3v) is 22.0. The first-order chi connectivity index (χ1) is 31.6. The van der Waals surface area contributed by atoms with Crippen molar-refractivity contribution in [2.24, 2.45) is 59.2 Å². The van der Waals surface area contributed by atoms with Gasteiger partial charge >= 0.3 is 17.9 Å². The summed E-state index contributed by atoms with van der Waals surface area (Å²) in [4.78, 5) is 32.5. The average Bonchev–Trinajstić information content (AvgIpc) is 4.07. The van der Waals surface area contributed by atoms with Crippen LogP contribution in [0.25, 0.3) is 0 Å². The lowest BCUT2D eigenvalue weighted by Gasteiger charge is -2.38. The molecule has 12 rings (SSSR count). The van der Waals surface area contributed by atoms with Crippen LogP contribution < -0.4 is 0 Å². The number of carbonyl (C=O) groups is 3. The number of esters is 3. The van der Waals surface area contributed by atoms with Crippen molar-refractivity contribution in [3.63, 3.8) is 0 Å². The monoisotopic (exact) mass is 957 g/mol. The Labute approximate surface area is 401 Å². The van der Waals surface area contributed by atoms with E-state index in [0.29, 0.717) is 83.7 Å². The Balaban J connectivity index is 0.000000121. The van der Waals surface area contributed by atoms with Gasteiger partial charge < -0.3 is 48.2 Å². The minimum atomic E-state index is -1.63. The third-order valence-electron chi connectivity index (χ3n) is 17.5. The standard InChI is InChI=1S/C14H26O2Si.C8H12O3.2C8H14O2.C8H10O2.C7H8O2/c1-10-9-15-13-8-11(7-12(10)13)16-17(5,6)14(2,3)4;1-4-6-2-5(9)3-7(6)11-8(4)10;2*1-5-4-10-8-3-6(9)2-7(5)8;1-5-6-3-2-4-7(6)10-8(5)9;8-7-4-5-2-1-3-6(5)9-7/h11-13H,1,7-9H2,2-6H3;4-7,9H,2-3H2,1H3;2*5-9H,2-4H2,1H3;2-3,5-7H,4H2,1H3;1-2,5-6H,3-4H2/t11-,12-,13-;4-,5-,6-,7-;5-,6+,7+,8+;5-,6-,7-,8-;5-,6-,7-;5-,6?/m110111/s1. The van der Waals surface area contributed by atoms with Crippen LogP contribution >= 0.6 is 0 Å². The maximum atomic E-state index is 11.0. The summed E-state index contributed by atoms with van der Waals surface area (Å²) in [6, 6.07) is 0. The van der Waals surface area contributed by atoms with Gasteiger partial charge in [0.1, 0.15) is 18.3 Å². The van der Waals surface area contributed by atoms with Crippen LogP contribution in [-0.2, 0) is 47.2 Å². The molecule has 0 aromatic heterocycles. The highest BCUT2D eigenvalue weighted by Crippen LogP contribution is 2.45. The van der Waals surface area contributed by atoms with E-state index >= 15 is 0 Å². The summed E-state index contributed by atoms with van der Waals surface area (Å²) in [5.41, 5.74) is 1.27. The molecule has 378 valence electrons. The molecule has 3 N–H and O–H groups in total. The summed E-state index contributed by atoms with van der Waals surface area (Å²) < 4.78 is 38.4. The highest BCUT2D eigenvalue weighted by Gasteiger charge is 2.49. The van der Waals surface area contributed by atoms with Crippen LogP contribution in [0.15, 0.2) is 36.5 Å². The number of fused-ring (bicyclic) bond motifs is 6. The molecule has 0 spiro atoms. The predicted molar refractivity (Wildman–Crippen MR) is 255 cm³/mol. The first kappa shape index (κ1) is 52.4. The summed E-state index contributed by atoms with van der Waals surface area (Å²) in [5, 5.41) is 28.1. The largest absolute Gasteiger partial charge is 0.462 e. The van der Waals surface area contributed by atoms with Crippen molar-refractivity contribution in [2.45, 2.75) is 198 Å². The molecule has 13 nitrogen and oxygen atoms in total. The summed E-state index contributed by atoms with van der Waals surface area (Å²) in [5.74, 6) is 4.17. The van der Waals surface area contributed by atoms with E-state index < -0.39 is 8.32 Å². The number of aliphatic hydroxyl groups is 3. The molecule has 12 aliphatic rings. The molecule has 6 aliphatic heterocycles. The van der Waals surface area contributed by atoms with Crippen LogP contribution in [-0.4, -0.2) is 122 Å². The van der Waals surface area contributed by atoms with Crippen molar-refractivity contribution in [1.29, 1.82) is 0 Å². The first-order valence-electron chi connectivity index (χ1n) is 25.8. The molecule has 67 heavy (non-hydrogen) atoms. The molecule has 0 amide bonds. The second kappa shape index (κ2) is 21.9. The average molecular weight is 957 g/mol. The maximum Gasteiger partial charge on any atom is 0.309 e. The Hall–Kier alpha value is -2.43. The van der Waals surface area contributed by atoms with Crippen LogP contribution in [0.1, 0.15) is 119 Å². The van der Waals surface area contributed by atoms with E-state index in [0.717, 1.165) is 77.6 Å². The van der Waals surface area contributed by atoms with Gasteiger partial charge in [-0.25, -0.2) is 0 Å². The number of hydrogen-bond acceptors (Lipinski definition) is 13. The Morgan fingerprint density at radius 2 is 1.16 bits per heavy atom. The Morgan fingerprint density at radius 1 is 0.627 bits per heavy atom. The molecule has 6 heterocycles. The molecular formula is C53H84O13Si. The van der Waals surface area contributed by atoms with Gasteiger partial charge in [0, 0.05) is 62.3 Å². The summed E-state index contributed by atoms with van der Waals surface area (Å²) in [7, 11) is -1.63. The molecule has 6 aliphatic carbocycles. The van der Waals surface area contributed by atoms with Crippen LogP contribution in [0, 0.1) is 59.2 Å². The SMILES string of the molecule is C=C1CO[C@@H]2C[C@H](O[Si](C)(C)C(C)(C)C)C[C@H]12.C[C@@H]1CO[C@@H]2C[C@H](O)C[C@H]12.C[C@H]1C(=O)O[C@@H]2CC=C[C@@H]21.C[C@H]1C(=O)O[C@@H]2C[C@H](O)C[C@@H]21.C[C@H]1CO[C@@H]2C[C@H](O)C[C@H]12.O=C1C[C@H]2C=CCC2O1. The minimum Gasteiger partial charge on any atom is -0.462 e. The van der Waals surface area contributed by atoms with Gasteiger partial charge in [0.15, 0.2) is 8.32 Å². The smallest absolute Gasteiger partial charge is 0.309 e. The maximum absolute atomic E-state index is 11.0. The van der Waals surface area contributed by atoms with Crippen LogP contribution in [0.5, 0.6) is 0 Å². The lowest BCUT2D eigenvalue weighted by atomic mass is 9.94.